The van der Waals surface area contributed by atoms with Crippen LogP contribution in [0, 0.1) is 12.6 Å². The summed E-state index contributed by atoms with van der Waals surface area (Å²) < 4.78 is 0.803. The van der Waals surface area contributed by atoms with E-state index in [1.165, 1.54) is 0 Å². The second-order valence-electron chi connectivity index (χ2n) is 2.72. The molecule has 0 bridgehead atoms. The molecule has 0 spiro atoms. The first-order chi connectivity index (χ1) is 6.77. The zero-order chi connectivity index (χ0) is 10.4. The maximum Gasteiger partial charge on any atom is 0.0955 e. The Morgan fingerprint density at radius 3 is 2.73 bits per heavy atom. The Morgan fingerprint density at radius 1 is 1.40 bits per heavy atom. The van der Waals surface area contributed by atoms with Crippen LogP contribution < -0.4 is 0 Å². The van der Waals surface area contributed by atoms with Gasteiger partial charge < -0.3 is 11.4 Å². The fourth-order valence-corrected chi connectivity index (χ4v) is 1.21. The topological polar surface area (TPSA) is 25.8 Å². The van der Waals surface area contributed by atoms with Crippen LogP contribution in [0.25, 0.3) is 10.9 Å². The molecule has 1 radical (unpaired) electrons. The van der Waals surface area contributed by atoms with Crippen molar-refractivity contribution < 1.29 is 32.7 Å². The molecule has 0 atom stereocenters. The van der Waals surface area contributed by atoms with Crippen molar-refractivity contribution in [2.24, 2.45) is 0 Å². The van der Waals surface area contributed by atoms with Crippen LogP contribution in [0.2, 0.25) is 0 Å². The molecule has 0 fully saturated rings. The summed E-state index contributed by atoms with van der Waals surface area (Å²) in [5.41, 5.74) is 0.911. The van der Waals surface area contributed by atoms with Crippen LogP contribution in [-0.2, 0) is 32.7 Å². The number of hydrogen-bond acceptors (Lipinski definition) is 2. The Morgan fingerprint density at radius 2 is 2.07 bits per heavy atom. The minimum Gasteiger partial charge on any atom is -0.386 e. The number of rotatable bonds is 0. The van der Waals surface area contributed by atoms with E-state index in [-0.39, 0.29) is 32.7 Å². The number of fused-ring (bicyclic) bond motifs is 1. The zero-order valence-corrected chi connectivity index (χ0v) is 13.2. The largest absolute Gasteiger partial charge is 0.386 e. The molecular weight excluding hydrogens is 329 g/mol. The molecule has 0 aliphatic heterocycles. The summed E-state index contributed by atoms with van der Waals surface area (Å²) >= 11 is 3.27. The van der Waals surface area contributed by atoms with Crippen LogP contribution in [0.5, 0.6) is 0 Å². The van der Waals surface area contributed by atoms with E-state index < -0.39 is 0 Å². The quantitative estimate of drug-likeness (QED) is 0.543. The molecule has 0 saturated carbocycles. The third-order valence-electron chi connectivity index (χ3n) is 1.40. The molecule has 0 saturated heterocycles. The van der Waals surface area contributed by atoms with Gasteiger partial charge in [-0.3, -0.25) is 4.98 Å². The van der Waals surface area contributed by atoms with E-state index in [4.69, 9.17) is 0 Å². The molecule has 2 aromatic heterocycles. The van der Waals surface area contributed by atoms with Gasteiger partial charge in [-0.25, -0.2) is 0 Å². The monoisotopic (exact) mass is 339 g/mol. The summed E-state index contributed by atoms with van der Waals surface area (Å²) in [7, 11) is 0. The van der Waals surface area contributed by atoms with E-state index in [0.29, 0.717) is 0 Å². The van der Waals surface area contributed by atoms with E-state index >= 15 is 0 Å². The third-order valence-corrected chi connectivity index (χ3v) is 1.83. The number of hydrogen-bond donors (Lipinski definition) is 0. The van der Waals surface area contributed by atoms with Crippen molar-refractivity contribution in [3.8, 4) is 0 Å². The second-order valence-corrected chi connectivity index (χ2v) is 3.53. The molecule has 0 N–H and O–H groups in total. The summed E-state index contributed by atoms with van der Waals surface area (Å²) in [6, 6.07) is 5.57. The first-order valence-electron chi connectivity index (χ1n) is 4.30. The molecule has 0 aliphatic carbocycles. The summed E-state index contributed by atoms with van der Waals surface area (Å²) in [5.74, 6) is 0. The Balaban J connectivity index is 0.000000443. The SMILES string of the molecule is Brc1cc2n[c-]ccc2cn1.C[CH-]C.[Y]. The van der Waals surface area contributed by atoms with Crippen LogP contribution in [0.15, 0.2) is 29.0 Å². The Hall–Kier alpha value is 0.144. The van der Waals surface area contributed by atoms with Gasteiger partial charge in [0.1, 0.15) is 0 Å². The van der Waals surface area contributed by atoms with Gasteiger partial charge in [0, 0.05) is 38.9 Å². The molecular formula is C11H11BrN2Y-2. The van der Waals surface area contributed by atoms with Crippen molar-refractivity contribution in [2.75, 3.05) is 0 Å². The van der Waals surface area contributed by atoms with E-state index in [1.807, 2.05) is 32.4 Å². The molecule has 77 valence electrons. The molecule has 0 aromatic carbocycles. The first kappa shape index (κ1) is 15.1. The van der Waals surface area contributed by atoms with Gasteiger partial charge in [-0.1, -0.05) is 17.6 Å². The van der Waals surface area contributed by atoms with E-state index in [1.54, 1.807) is 12.3 Å². The number of halogens is 1. The van der Waals surface area contributed by atoms with Crippen molar-refractivity contribution >= 4 is 26.8 Å². The fourth-order valence-electron chi connectivity index (χ4n) is 0.890. The van der Waals surface area contributed by atoms with E-state index in [0.717, 1.165) is 15.5 Å². The predicted molar refractivity (Wildman–Crippen MR) is 61.7 cm³/mol. The van der Waals surface area contributed by atoms with Crippen LogP contribution in [0.3, 0.4) is 0 Å². The molecule has 0 aliphatic rings. The third kappa shape index (κ3) is 5.14. The van der Waals surface area contributed by atoms with Crippen LogP contribution in [0.1, 0.15) is 13.8 Å². The maximum atomic E-state index is 4.07. The molecule has 2 rings (SSSR count). The van der Waals surface area contributed by atoms with Gasteiger partial charge in [-0.15, -0.1) is 0 Å². The van der Waals surface area contributed by atoms with Gasteiger partial charge in [-0.2, -0.15) is 26.0 Å². The van der Waals surface area contributed by atoms with Crippen molar-refractivity contribution in [2.45, 2.75) is 13.8 Å². The fraction of sp³-hybridized carbons (Fsp3) is 0.182. The van der Waals surface area contributed by atoms with E-state index in [9.17, 15) is 0 Å². The van der Waals surface area contributed by atoms with Crippen molar-refractivity contribution in [1.29, 1.82) is 0 Å². The van der Waals surface area contributed by atoms with Gasteiger partial charge in [0.15, 0.2) is 0 Å². The van der Waals surface area contributed by atoms with Gasteiger partial charge in [0.25, 0.3) is 0 Å². The van der Waals surface area contributed by atoms with Gasteiger partial charge in [-0.05, 0) is 21.4 Å². The van der Waals surface area contributed by atoms with Crippen LogP contribution in [-0.4, -0.2) is 9.97 Å². The van der Waals surface area contributed by atoms with Crippen LogP contribution in [0.4, 0.5) is 0 Å². The standard InChI is InChI=1S/C8H4BrN2.C3H7.Y/c9-8-4-7-6(5-11-8)2-1-3-10-7;1-3-2;/h1-2,4-5H;3H,1-2H3;/q2*-1;. The summed E-state index contributed by atoms with van der Waals surface area (Å²) in [6.07, 6.45) is 6.54. The maximum absolute atomic E-state index is 4.07. The molecule has 0 amide bonds. The van der Waals surface area contributed by atoms with Crippen molar-refractivity contribution in [3.05, 3.63) is 41.6 Å². The minimum atomic E-state index is 0. The van der Waals surface area contributed by atoms with Gasteiger partial charge in [0.2, 0.25) is 0 Å². The normalized spacial score (nSPS) is 8.73. The number of nitrogens with zero attached hydrogens (tertiary/aromatic N) is 2. The first-order valence-corrected chi connectivity index (χ1v) is 5.09. The molecule has 2 aromatic rings. The summed E-state index contributed by atoms with van der Waals surface area (Å²) in [5, 5.41) is 1.03. The number of aromatic nitrogens is 2. The van der Waals surface area contributed by atoms with Gasteiger partial charge in [0.05, 0.1) is 4.60 Å². The molecule has 2 nitrogen and oxygen atoms in total. The predicted octanol–water partition coefficient (Wildman–Crippen LogP) is 3.42. The molecule has 2 heterocycles. The average molecular weight is 340 g/mol. The Kier molecular flexibility index (Phi) is 8.39. The molecule has 0 unspecified atom stereocenters. The Bertz CT molecular complexity index is 406. The molecule has 4 heteroatoms. The number of pyridine rings is 2. The summed E-state index contributed by atoms with van der Waals surface area (Å²) in [4.78, 5) is 8.12. The average Bonchev–Trinajstić information content (AvgIpc) is 2.19. The van der Waals surface area contributed by atoms with Crippen molar-refractivity contribution in [3.63, 3.8) is 0 Å². The minimum absolute atomic E-state index is 0. The molecule has 15 heavy (non-hydrogen) atoms. The Labute approximate surface area is 124 Å². The smallest absolute Gasteiger partial charge is 0.0955 e. The van der Waals surface area contributed by atoms with Crippen molar-refractivity contribution in [1.82, 2.24) is 9.97 Å². The second kappa shape index (κ2) is 8.31. The van der Waals surface area contributed by atoms with Gasteiger partial charge >= 0.3 is 0 Å². The van der Waals surface area contributed by atoms with E-state index in [2.05, 4.69) is 32.1 Å². The van der Waals surface area contributed by atoms with Crippen LogP contribution >= 0.6 is 15.9 Å². The summed E-state index contributed by atoms with van der Waals surface area (Å²) in [6.45, 7) is 4.00. The zero-order valence-electron chi connectivity index (χ0n) is 8.74.